The van der Waals surface area contributed by atoms with E-state index in [0.717, 1.165) is 0 Å². The quantitative estimate of drug-likeness (QED) is 0.700. The summed E-state index contributed by atoms with van der Waals surface area (Å²) in [5.74, 6) is -1.65. The molecule has 6 heteroatoms. The average molecular weight is 268 g/mol. The van der Waals surface area contributed by atoms with Gasteiger partial charge in [-0.2, -0.15) is 0 Å². The third kappa shape index (κ3) is 5.05. The molecule has 0 fully saturated rings. The number of hydrogen-bond donors (Lipinski definition) is 3. The predicted molar refractivity (Wildman–Crippen MR) is 68.0 cm³/mol. The van der Waals surface area contributed by atoms with Crippen molar-refractivity contribution in [2.24, 2.45) is 0 Å². The number of amides is 2. The molecule has 1 unspecified atom stereocenters. The standard InChI is InChI=1S/C13H17FN2O3/c1-9(6-7-17)16-12(18)8-15-13(19)10-4-2-3-5-11(10)14/h2-5,9,17H,6-8H2,1H3,(H,15,19)(H,16,18). The van der Waals surface area contributed by atoms with Crippen molar-refractivity contribution in [1.29, 1.82) is 0 Å². The van der Waals surface area contributed by atoms with Gasteiger partial charge in [-0.15, -0.1) is 0 Å². The number of carbonyl (C=O) groups excluding carboxylic acids is 2. The molecule has 3 N–H and O–H groups in total. The average Bonchev–Trinajstić information content (AvgIpc) is 2.36. The maximum Gasteiger partial charge on any atom is 0.254 e. The molecule has 0 aliphatic carbocycles. The van der Waals surface area contributed by atoms with Gasteiger partial charge >= 0.3 is 0 Å². The van der Waals surface area contributed by atoms with Gasteiger partial charge in [0.25, 0.3) is 5.91 Å². The number of hydrogen-bond acceptors (Lipinski definition) is 3. The fraction of sp³-hybridized carbons (Fsp3) is 0.385. The lowest BCUT2D eigenvalue weighted by molar-refractivity contribution is -0.120. The molecule has 0 bridgehead atoms. The largest absolute Gasteiger partial charge is 0.396 e. The highest BCUT2D eigenvalue weighted by molar-refractivity contribution is 5.96. The second-order valence-electron chi connectivity index (χ2n) is 4.14. The van der Waals surface area contributed by atoms with Crippen molar-refractivity contribution >= 4 is 11.8 Å². The van der Waals surface area contributed by atoms with Gasteiger partial charge in [-0.3, -0.25) is 9.59 Å². The van der Waals surface area contributed by atoms with Crippen LogP contribution in [0.4, 0.5) is 4.39 Å². The molecule has 0 saturated heterocycles. The van der Waals surface area contributed by atoms with E-state index in [9.17, 15) is 14.0 Å². The van der Waals surface area contributed by atoms with Crippen LogP contribution in [0.2, 0.25) is 0 Å². The number of aliphatic hydroxyl groups excluding tert-OH is 1. The second-order valence-corrected chi connectivity index (χ2v) is 4.14. The Morgan fingerprint density at radius 1 is 1.37 bits per heavy atom. The molecule has 1 atom stereocenters. The van der Waals surface area contributed by atoms with Crippen molar-refractivity contribution in [3.05, 3.63) is 35.6 Å². The van der Waals surface area contributed by atoms with Crippen LogP contribution < -0.4 is 10.6 Å². The fourth-order valence-corrected chi connectivity index (χ4v) is 1.49. The Morgan fingerprint density at radius 2 is 2.05 bits per heavy atom. The molecule has 0 spiro atoms. The summed E-state index contributed by atoms with van der Waals surface area (Å²) in [6, 6.07) is 5.37. The third-order valence-corrected chi connectivity index (χ3v) is 2.50. The zero-order chi connectivity index (χ0) is 14.3. The number of carbonyl (C=O) groups is 2. The molecule has 0 heterocycles. The van der Waals surface area contributed by atoms with Crippen molar-refractivity contribution in [2.75, 3.05) is 13.2 Å². The van der Waals surface area contributed by atoms with E-state index in [1.165, 1.54) is 18.2 Å². The minimum Gasteiger partial charge on any atom is -0.396 e. The molecule has 1 rings (SSSR count). The maximum absolute atomic E-state index is 13.3. The first kappa shape index (κ1) is 15.1. The van der Waals surface area contributed by atoms with E-state index in [4.69, 9.17) is 5.11 Å². The molecule has 104 valence electrons. The van der Waals surface area contributed by atoms with Crippen molar-refractivity contribution in [3.8, 4) is 0 Å². The van der Waals surface area contributed by atoms with E-state index in [1.54, 1.807) is 13.0 Å². The van der Waals surface area contributed by atoms with E-state index in [0.29, 0.717) is 6.42 Å². The van der Waals surface area contributed by atoms with Gasteiger partial charge in [0.15, 0.2) is 0 Å². The molecule has 1 aromatic carbocycles. The summed E-state index contributed by atoms with van der Waals surface area (Å²) in [6.45, 7) is 1.48. The van der Waals surface area contributed by atoms with Crippen LogP contribution in [0.1, 0.15) is 23.7 Å². The van der Waals surface area contributed by atoms with E-state index in [1.807, 2.05) is 0 Å². The summed E-state index contributed by atoms with van der Waals surface area (Å²) in [4.78, 5) is 23.1. The van der Waals surface area contributed by atoms with Gasteiger partial charge in [0, 0.05) is 12.6 Å². The Labute approximate surface area is 110 Å². The van der Waals surface area contributed by atoms with Crippen LogP contribution >= 0.6 is 0 Å². The van der Waals surface area contributed by atoms with Gasteiger partial charge in [-0.25, -0.2) is 4.39 Å². The van der Waals surface area contributed by atoms with Gasteiger partial charge < -0.3 is 15.7 Å². The molecule has 19 heavy (non-hydrogen) atoms. The number of nitrogens with one attached hydrogen (secondary N) is 2. The third-order valence-electron chi connectivity index (χ3n) is 2.50. The topological polar surface area (TPSA) is 78.4 Å². The Morgan fingerprint density at radius 3 is 2.68 bits per heavy atom. The highest BCUT2D eigenvalue weighted by Gasteiger charge is 2.12. The number of halogens is 1. The van der Waals surface area contributed by atoms with Gasteiger partial charge in [-0.1, -0.05) is 12.1 Å². The summed E-state index contributed by atoms with van der Waals surface area (Å²) in [6.07, 6.45) is 0.437. The summed E-state index contributed by atoms with van der Waals surface area (Å²) in [7, 11) is 0. The van der Waals surface area contributed by atoms with Crippen LogP contribution in [-0.4, -0.2) is 36.1 Å². The number of aliphatic hydroxyl groups is 1. The molecule has 0 aliphatic rings. The molecule has 0 saturated carbocycles. The fourth-order valence-electron chi connectivity index (χ4n) is 1.49. The monoisotopic (exact) mass is 268 g/mol. The van der Waals surface area contributed by atoms with Crippen LogP contribution in [0, 0.1) is 5.82 Å². The summed E-state index contributed by atoms with van der Waals surface area (Å²) in [5.41, 5.74) is -0.0984. The van der Waals surface area contributed by atoms with Crippen molar-refractivity contribution in [1.82, 2.24) is 10.6 Å². The van der Waals surface area contributed by atoms with Crippen LogP contribution in [0.5, 0.6) is 0 Å². The molecule has 5 nitrogen and oxygen atoms in total. The smallest absolute Gasteiger partial charge is 0.254 e. The van der Waals surface area contributed by atoms with E-state index in [2.05, 4.69) is 10.6 Å². The first-order chi connectivity index (χ1) is 9.04. The molecular weight excluding hydrogens is 251 g/mol. The summed E-state index contributed by atoms with van der Waals surface area (Å²) in [5, 5.41) is 13.6. The van der Waals surface area contributed by atoms with Crippen LogP contribution in [0.3, 0.4) is 0 Å². The Bertz CT molecular complexity index is 451. The molecule has 0 radical (unpaired) electrons. The van der Waals surface area contributed by atoms with Crippen molar-refractivity contribution < 1.29 is 19.1 Å². The SMILES string of the molecule is CC(CCO)NC(=O)CNC(=O)c1ccccc1F. The van der Waals surface area contributed by atoms with Gasteiger partial charge in [0.1, 0.15) is 5.82 Å². The normalized spacial score (nSPS) is 11.7. The second kappa shape index (κ2) is 7.48. The molecule has 0 aliphatic heterocycles. The Balaban J connectivity index is 2.42. The lowest BCUT2D eigenvalue weighted by Crippen LogP contribution is -2.41. The van der Waals surface area contributed by atoms with Crippen molar-refractivity contribution in [3.63, 3.8) is 0 Å². The van der Waals surface area contributed by atoms with E-state index < -0.39 is 11.7 Å². The predicted octanol–water partition coefficient (Wildman–Crippen LogP) is 0.443. The highest BCUT2D eigenvalue weighted by Crippen LogP contribution is 2.05. The number of benzene rings is 1. The zero-order valence-electron chi connectivity index (χ0n) is 10.6. The van der Waals surface area contributed by atoms with Crippen LogP contribution in [0.15, 0.2) is 24.3 Å². The lowest BCUT2D eigenvalue weighted by atomic mass is 10.2. The minimum atomic E-state index is -0.636. The van der Waals surface area contributed by atoms with Crippen LogP contribution in [0.25, 0.3) is 0 Å². The molecule has 2 amide bonds. The number of rotatable bonds is 6. The zero-order valence-corrected chi connectivity index (χ0v) is 10.6. The van der Waals surface area contributed by atoms with E-state index >= 15 is 0 Å². The van der Waals surface area contributed by atoms with Gasteiger partial charge in [0.05, 0.1) is 12.1 Å². The Hall–Kier alpha value is -1.95. The van der Waals surface area contributed by atoms with E-state index in [-0.39, 0.29) is 30.7 Å². The molecule has 1 aromatic rings. The first-order valence-electron chi connectivity index (χ1n) is 5.97. The van der Waals surface area contributed by atoms with Crippen LogP contribution in [-0.2, 0) is 4.79 Å². The highest BCUT2D eigenvalue weighted by atomic mass is 19.1. The summed E-state index contributed by atoms with van der Waals surface area (Å²) < 4.78 is 13.3. The molecule has 0 aromatic heterocycles. The molecular formula is C13H17FN2O3. The first-order valence-corrected chi connectivity index (χ1v) is 5.97. The minimum absolute atomic E-state index is 0.0248. The van der Waals surface area contributed by atoms with Gasteiger partial charge in [-0.05, 0) is 25.5 Å². The lowest BCUT2D eigenvalue weighted by Gasteiger charge is -2.12. The Kier molecular flexibility index (Phi) is 5.95. The summed E-state index contributed by atoms with van der Waals surface area (Å²) >= 11 is 0. The van der Waals surface area contributed by atoms with Crippen molar-refractivity contribution in [2.45, 2.75) is 19.4 Å². The maximum atomic E-state index is 13.3. The van der Waals surface area contributed by atoms with Gasteiger partial charge in [0.2, 0.25) is 5.91 Å².